The first-order valence-corrected chi connectivity index (χ1v) is 5.69. The number of aromatic nitrogens is 2. The van der Waals surface area contributed by atoms with Crippen molar-refractivity contribution in [2.75, 3.05) is 0 Å². The van der Waals surface area contributed by atoms with Crippen molar-refractivity contribution in [3.05, 3.63) is 44.7 Å². The molecule has 0 saturated heterocycles. The third-order valence-corrected chi connectivity index (χ3v) is 3.17. The fourth-order valence-corrected chi connectivity index (χ4v) is 2.15. The first-order valence-electron chi connectivity index (χ1n) is 4.49. The van der Waals surface area contributed by atoms with Gasteiger partial charge in [-0.25, -0.2) is 4.68 Å². The first kappa shape index (κ1) is 10.4. The SMILES string of the molecule is Cc1nn(Cc2ccccc2Cl)c(=N)s1. The molecule has 0 aliphatic rings. The number of nitrogens with zero attached hydrogens (tertiary/aromatic N) is 2. The van der Waals surface area contributed by atoms with Crippen LogP contribution in [0.25, 0.3) is 0 Å². The molecule has 0 spiro atoms. The molecule has 15 heavy (non-hydrogen) atoms. The van der Waals surface area contributed by atoms with E-state index in [0.29, 0.717) is 11.3 Å². The van der Waals surface area contributed by atoms with Crippen LogP contribution in [0.3, 0.4) is 0 Å². The van der Waals surface area contributed by atoms with Crippen LogP contribution in [0, 0.1) is 12.3 Å². The highest BCUT2D eigenvalue weighted by atomic mass is 35.5. The molecule has 1 aromatic carbocycles. The van der Waals surface area contributed by atoms with Gasteiger partial charge in [0.25, 0.3) is 0 Å². The topological polar surface area (TPSA) is 41.7 Å². The van der Waals surface area contributed by atoms with Gasteiger partial charge in [-0.15, -0.1) is 0 Å². The molecule has 0 bridgehead atoms. The van der Waals surface area contributed by atoms with Crippen LogP contribution in [0.4, 0.5) is 0 Å². The van der Waals surface area contributed by atoms with Crippen LogP contribution in [0.2, 0.25) is 5.02 Å². The highest BCUT2D eigenvalue weighted by Gasteiger charge is 2.03. The molecule has 0 aliphatic heterocycles. The van der Waals surface area contributed by atoms with E-state index < -0.39 is 0 Å². The lowest BCUT2D eigenvalue weighted by molar-refractivity contribution is 0.643. The molecule has 1 aromatic heterocycles. The molecule has 0 unspecified atom stereocenters. The highest BCUT2D eigenvalue weighted by Crippen LogP contribution is 2.15. The maximum absolute atomic E-state index is 7.69. The summed E-state index contributed by atoms with van der Waals surface area (Å²) < 4.78 is 1.65. The zero-order valence-electron chi connectivity index (χ0n) is 8.20. The van der Waals surface area contributed by atoms with Crippen LogP contribution in [-0.2, 0) is 6.54 Å². The van der Waals surface area contributed by atoms with E-state index in [9.17, 15) is 0 Å². The Balaban J connectivity index is 2.34. The molecule has 2 aromatic rings. The minimum absolute atomic E-state index is 0.451. The third-order valence-electron chi connectivity index (χ3n) is 2.02. The van der Waals surface area contributed by atoms with Crippen molar-refractivity contribution in [2.24, 2.45) is 0 Å². The Morgan fingerprint density at radius 2 is 2.20 bits per heavy atom. The van der Waals surface area contributed by atoms with Crippen LogP contribution in [0.1, 0.15) is 10.6 Å². The third kappa shape index (κ3) is 2.27. The van der Waals surface area contributed by atoms with Gasteiger partial charge in [0.05, 0.1) is 6.54 Å². The van der Waals surface area contributed by atoms with Crippen LogP contribution in [0.5, 0.6) is 0 Å². The summed E-state index contributed by atoms with van der Waals surface area (Å²) in [5.74, 6) is 0. The van der Waals surface area contributed by atoms with E-state index in [-0.39, 0.29) is 0 Å². The van der Waals surface area contributed by atoms with E-state index in [0.717, 1.165) is 15.6 Å². The molecular weight excluding hydrogens is 230 g/mol. The number of hydrogen-bond donors (Lipinski definition) is 1. The largest absolute Gasteiger partial charge is 0.274 e. The Kier molecular flexibility index (Phi) is 2.88. The fourth-order valence-electron chi connectivity index (χ4n) is 1.32. The van der Waals surface area contributed by atoms with Crippen LogP contribution < -0.4 is 4.80 Å². The van der Waals surface area contributed by atoms with Gasteiger partial charge in [-0.05, 0) is 18.6 Å². The molecule has 2 rings (SSSR count). The number of nitrogens with one attached hydrogen (secondary N) is 1. The molecule has 5 heteroatoms. The maximum atomic E-state index is 7.69. The minimum atomic E-state index is 0.451. The van der Waals surface area contributed by atoms with E-state index in [1.807, 2.05) is 31.2 Å². The van der Waals surface area contributed by atoms with Gasteiger partial charge in [-0.3, -0.25) is 5.41 Å². The maximum Gasteiger partial charge on any atom is 0.200 e. The van der Waals surface area contributed by atoms with Gasteiger partial charge in [0, 0.05) is 5.02 Å². The molecule has 3 nitrogen and oxygen atoms in total. The molecule has 0 radical (unpaired) electrons. The first-order chi connectivity index (χ1) is 7.16. The molecule has 1 N–H and O–H groups in total. The molecule has 0 aliphatic carbocycles. The molecular formula is C10H10ClN3S. The van der Waals surface area contributed by atoms with Crippen LogP contribution in [0.15, 0.2) is 24.3 Å². The quantitative estimate of drug-likeness (QED) is 0.859. The molecule has 0 fully saturated rings. The van der Waals surface area contributed by atoms with E-state index in [1.54, 1.807) is 4.68 Å². The average Bonchev–Trinajstić information content (AvgIpc) is 2.49. The normalized spacial score (nSPS) is 10.5. The van der Waals surface area contributed by atoms with Gasteiger partial charge in [-0.2, -0.15) is 5.10 Å². The molecule has 1 heterocycles. The highest BCUT2D eigenvalue weighted by molar-refractivity contribution is 7.08. The van der Waals surface area contributed by atoms with Crippen molar-refractivity contribution in [3.63, 3.8) is 0 Å². The lowest BCUT2D eigenvalue weighted by Crippen LogP contribution is -2.15. The number of benzene rings is 1. The Labute approximate surface area is 96.5 Å². The van der Waals surface area contributed by atoms with Gasteiger partial charge >= 0.3 is 0 Å². The molecule has 78 valence electrons. The predicted octanol–water partition coefficient (Wildman–Crippen LogP) is 2.43. The predicted molar refractivity (Wildman–Crippen MR) is 61.2 cm³/mol. The molecule has 0 amide bonds. The number of aryl methyl sites for hydroxylation is 1. The van der Waals surface area contributed by atoms with Crippen molar-refractivity contribution in [1.29, 1.82) is 5.41 Å². The second-order valence-electron chi connectivity index (χ2n) is 3.18. The van der Waals surface area contributed by atoms with Crippen molar-refractivity contribution in [2.45, 2.75) is 13.5 Å². The standard InChI is InChI=1S/C10H10ClN3S/c1-7-13-14(10(12)15-7)6-8-4-2-3-5-9(8)11/h2-5,12H,6H2,1H3. The van der Waals surface area contributed by atoms with Crippen molar-refractivity contribution in [1.82, 2.24) is 9.78 Å². The van der Waals surface area contributed by atoms with E-state index in [1.165, 1.54) is 11.3 Å². The molecule has 0 atom stereocenters. The Hall–Kier alpha value is -1.13. The molecule has 0 saturated carbocycles. The fraction of sp³-hybridized carbons (Fsp3) is 0.200. The summed E-state index contributed by atoms with van der Waals surface area (Å²) in [4.78, 5) is 0.451. The summed E-state index contributed by atoms with van der Waals surface area (Å²) in [5, 5.41) is 13.5. The number of hydrogen-bond acceptors (Lipinski definition) is 3. The zero-order valence-corrected chi connectivity index (χ0v) is 9.77. The average molecular weight is 240 g/mol. The summed E-state index contributed by atoms with van der Waals surface area (Å²) in [6.45, 7) is 2.45. The summed E-state index contributed by atoms with van der Waals surface area (Å²) in [6.07, 6.45) is 0. The van der Waals surface area contributed by atoms with E-state index in [2.05, 4.69) is 5.10 Å². The zero-order chi connectivity index (χ0) is 10.8. The Bertz CT molecular complexity index is 529. The lowest BCUT2D eigenvalue weighted by atomic mass is 10.2. The minimum Gasteiger partial charge on any atom is -0.274 e. The van der Waals surface area contributed by atoms with E-state index >= 15 is 0 Å². The lowest BCUT2D eigenvalue weighted by Gasteiger charge is -2.03. The van der Waals surface area contributed by atoms with Crippen molar-refractivity contribution >= 4 is 22.9 Å². The summed E-state index contributed by atoms with van der Waals surface area (Å²) in [5.41, 5.74) is 0.989. The monoisotopic (exact) mass is 239 g/mol. The summed E-state index contributed by atoms with van der Waals surface area (Å²) in [6, 6.07) is 7.62. The van der Waals surface area contributed by atoms with Gasteiger partial charge in [0.15, 0.2) is 0 Å². The second kappa shape index (κ2) is 4.16. The van der Waals surface area contributed by atoms with Crippen LogP contribution in [-0.4, -0.2) is 9.78 Å². The number of halogens is 1. The summed E-state index contributed by atoms with van der Waals surface area (Å²) in [7, 11) is 0. The van der Waals surface area contributed by atoms with Gasteiger partial charge in [0.2, 0.25) is 4.80 Å². The second-order valence-corrected chi connectivity index (χ2v) is 4.76. The Morgan fingerprint density at radius 3 is 2.80 bits per heavy atom. The van der Waals surface area contributed by atoms with Gasteiger partial charge in [-0.1, -0.05) is 41.1 Å². The van der Waals surface area contributed by atoms with E-state index in [4.69, 9.17) is 17.0 Å². The number of rotatable bonds is 2. The smallest absolute Gasteiger partial charge is 0.200 e. The Morgan fingerprint density at radius 1 is 1.47 bits per heavy atom. The van der Waals surface area contributed by atoms with Crippen molar-refractivity contribution < 1.29 is 0 Å². The van der Waals surface area contributed by atoms with Gasteiger partial charge < -0.3 is 0 Å². The van der Waals surface area contributed by atoms with Crippen molar-refractivity contribution in [3.8, 4) is 0 Å². The van der Waals surface area contributed by atoms with Crippen LogP contribution >= 0.6 is 22.9 Å². The van der Waals surface area contributed by atoms with Gasteiger partial charge in [0.1, 0.15) is 5.01 Å². The summed E-state index contributed by atoms with van der Waals surface area (Å²) >= 11 is 7.40.